The minimum absolute atomic E-state index is 0.111. The first-order valence-electron chi connectivity index (χ1n) is 16.3. The Morgan fingerprint density at radius 3 is 1.56 bits per heavy atom. The zero-order chi connectivity index (χ0) is 31.1. The highest BCUT2D eigenvalue weighted by Crippen LogP contribution is 2.56. The van der Waals surface area contributed by atoms with Crippen LogP contribution in [-0.2, 0) is 24.4 Å². The summed E-state index contributed by atoms with van der Waals surface area (Å²) < 4.78 is 35.9. The predicted molar refractivity (Wildman–Crippen MR) is 172 cm³/mol. The molecule has 45 heavy (non-hydrogen) atoms. The van der Waals surface area contributed by atoms with E-state index in [2.05, 4.69) is 92.7 Å². The van der Waals surface area contributed by atoms with E-state index in [9.17, 15) is 0 Å². The highest BCUT2D eigenvalue weighted by Gasteiger charge is 2.60. The summed E-state index contributed by atoms with van der Waals surface area (Å²) in [5.74, 6) is -0.304. The molecule has 0 saturated carbocycles. The number of epoxide rings is 2. The van der Waals surface area contributed by atoms with Gasteiger partial charge in [0, 0.05) is 11.3 Å². The van der Waals surface area contributed by atoms with E-state index in [1.807, 2.05) is 38.1 Å². The van der Waals surface area contributed by atoms with Gasteiger partial charge in [-0.05, 0) is 85.2 Å². The Labute approximate surface area is 266 Å². The smallest absolute Gasteiger partial charge is 0.355 e. The second-order valence-electron chi connectivity index (χ2n) is 12.3. The normalized spacial score (nSPS) is 29.6. The molecule has 5 atom stereocenters. The fourth-order valence-corrected chi connectivity index (χ4v) is 6.84. The van der Waals surface area contributed by atoms with Gasteiger partial charge in [-0.15, -0.1) is 0 Å². The molecular weight excluding hydrogens is 564 g/mol. The first-order valence-corrected chi connectivity index (χ1v) is 16.3. The minimum Gasteiger partial charge on any atom is -0.437 e. The second kappa shape index (κ2) is 11.9. The minimum atomic E-state index is -0.996. The zero-order valence-corrected chi connectivity index (χ0v) is 26.5. The lowest BCUT2D eigenvalue weighted by Crippen LogP contribution is -2.29. The molecule has 6 heteroatoms. The quantitative estimate of drug-likeness (QED) is 0.113. The lowest BCUT2D eigenvalue weighted by Gasteiger charge is -2.33. The average Bonchev–Trinajstić information content (AvgIpc) is 3.87. The Balaban J connectivity index is 1.26. The average molecular weight is 607 g/mol. The number of hydrogen-bond donors (Lipinski definition) is 0. The molecule has 0 spiro atoms. The summed E-state index contributed by atoms with van der Waals surface area (Å²) in [6.07, 6.45) is 2.46. The molecule has 0 amide bonds. The molecule has 0 bridgehead atoms. The van der Waals surface area contributed by atoms with Crippen LogP contribution in [0.25, 0.3) is 0 Å². The number of fused-ring (bicyclic) bond motifs is 1. The van der Waals surface area contributed by atoms with Crippen molar-refractivity contribution >= 4 is 0 Å². The summed E-state index contributed by atoms with van der Waals surface area (Å²) in [5, 5.41) is 0. The standard InChI is InChI=1S/C39H42O6/c1-5-24-40-38(27(3)42-38)44-32-20-16-30(17-21-32)37(26-35(29-12-8-7-9-13-29)34-14-10-11-15-36(34)37)31-18-22-33(23-19-31)45-39(28(4)43-39)41-25-6-2/h7-23,27-28,35H,5-6,24-26H2,1-4H3. The van der Waals surface area contributed by atoms with Gasteiger partial charge in [0.25, 0.3) is 0 Å². The molecule has 0 N–H and O–H groups in total. The van der Waals surface area contributed by atoms with Crippen molar-refractivity contribution in [1.82, 2.24) is 0 Å². The van der Waals surface area contributed by atoms with Crippen molar-refractivity contribution in [2.45, 2.75) is 82.4 Å². The SMILES string of the molecule is CCCOC1(Oc2ccc(C3(c4ccc(OC5(OCCC)OC5C)cc4)CC(c4ccccc4)c4ccccc43)cc2)OC1C. The third-order valence-corrected chi connectivity index (χ3v) is 9.30. The van der Waals surface area contributed by atoms with Crippen molar-refractivity contribution in [3.05, 3.63) is 131 Å². The van der Waals surface area contributed by atoms with Gasteiger partial charge >= 0.3 is 11.9 Å². The summed E-state index contributed by atoms with van der Waals surface area (Å²) in [5.41, 5.74) is 5.98. The van der Waals surface area contributed by atoms with Crippen LogP contribution in [0, 0.1) is 0 Å². The van der Waals surface area contributed by atoms with Gasteiger partial charge in [-0.2, -0.15) is 0 Å². The first-order chi connectivity index (χ1) is 21.9. The second-order valence-corrected chi connectivity index (χ2v) is 12.3. The number of ether oxygens (including phenoxy) is 6. The maximum absolute atomic E-state index is 6.26. The van der Waals surface area contributed by atoms with Crippen molar-refractivity contribution in [2.75, 3.05) is 13.2 Å². The van der Waals surface area contributed by atoms with Gasteiger partial charge in [0.2, 0.25) is 0 Å². The third kappa shape index (κ3) is 5.44. The molecule has 6 nitrogen and oxygen atoms in total. The summed E-state index contributed by atoms with van der Waals surface area (Å²) in [6, 6.07) is 36.6. The molecule has 3 aliphatic rings. The van der Waals surface area contributed by atoms with Crippen LogP contribution in [-0.4, -0.2) is 37.4 Å². The molecule has 2 aliphatic heterocycles. The molecule has 234 valence electrons. The largest absolute Gasteiger partial charge is 0.437 e. The van der Waals surface area contributed by atoms with E-state index in [1.54, 1.807) is 0 Å². The highest BCUT2D eigenvalue weighted by atomic mass is 17.0. The fourth-order valence-electron chi connectivity index (χ4n) is 6.84. The van der Waals surface area contributed by atoms with Crippen LogP contribution < -0.4 is 9.47 Å². The van der Waals surface area contributed by atoms with Crippen LogP contribution in [0.15, 0.2) is 103 Å². The first kappa shape index (κ1) is 30.0. The predicted octanol–water partition coefficient (Wildman–Crippen LogP) is 8.31. The lowest BCUT2D eigenvalue weighted by molar-refractivity contribution is -0.174. The highest BCUT2D eigenvalue weighted by molar-refractivity contribution is 5.61. The monoisotopic (exact) mass is 606 g/mol. The van der Waals surface area contributed by atoms with Crippen LogP contribution in [0.2, 0.25) is 0 Å². The Morgan fingerprint density at radius 2 is 1.09 bits per heavy atom. The van der Waals surface area contributed by atoms with Gasteiger partial charge in [-0.25, -0.2) is 0 Å². The molecular formula is C39H42O6. The summed E-state index contributed by atoms with van der Waals surface area (Å²) in [6.45, 7) is 9.26. The van der Waals surface area contributed by atoms with E-state index in [4.69, 9.17) is 28.4 Å². The van der Waals surface area contributed by atoms with Crippen LogP contribution >= 0.6 is 0 Å². The van der Waals surface area contributed by atoms with E-state index in [-0.39, 0.29) is 18.1 Å². The molecule has 1 aliphatic carbocycles. The van der Waals surface area contributed by atoms with Crippen molar-refractivity contribution in [1.29, 1.82) is 0 Å². The summed E-state index contributed by atoms with van der Waals surface area (Å²) in [7, 11) is 0. The Bertz CT molecular complexity index is 1530. The molecule has 4 aromatic carbocycles. The van der Waals surface area contributed by atoms with Gasteiger partial charge in [0.1, 0.15) is 11.5 Å². The van der Waals surface area contributed by atoms with E-state index < -0.39 is 17.4 Å². The van der Waals surface area contributed by atoms with Gasteiger partial charge in [-0.1, -0.05) is 92.7 Å². The zero-order valence-electron chi connectivity index (χ0n) is 26.5. The Kier molecular flexibility index (Phi) is 7.95. The van der Waals surface area contributed by atoms with Crippen LogP contribution in [0.4, 0.5) is 0 Å². The summed E-state index contributed by atoms with van der Waals surface area (Å²) >= 11 is 0. The van der Waals surface area contributed by atoms with Crippen LogP contribution in [0.1, 0.15) is 80.7 Å². The van der Waals surface area contributed by atoms with Gasteiger partial charge in [-0.3, -0.25) is 0 Å². The third-order valence-electron chi connectivity index (χ3n) is 9.30. The molecule has 2 saturated heterocycles. The van der Waals surface area contributed by atoms with E-state index in [0.717, 1.165) is 30.8 Å². The number of rotatable bonds is 13. The number of benzene rings is 4. The van der Waals surface area contributed by atoms with Crippen molar-refractivity contribution in [3.63, 3.8) is 0 Å². The molecule has 0 aromatic heterocycles. The van der Waals surface area contributed by atoms with Crippen molar-refractivity contribution in [3.8, 4) is 11.5 Å². The number of hydrogen-bond acceptors (Lipinski definition) is 6. The van der Waals surface area contributed by atoms with Crippen molar-refractivity contribution in [2.24, 2.45) is 0 Å². The Morgan fingerprint density at radius 1 is 0.622 bits per heavy atom. The Hall–Kier alpha value is -3.68. The fraction of sp³-hybridized carbons (Fsp3) is 0.385. The molecule has 2 heterocycles. The van der Waals surface area contributed by atoms with Crippen LogP contribution in [0.5, 0.6) is 11.5 Å². The van der Waals surface area contributed by atoms with Gasteiger partial charge in [0.15, 0.2) is 12.2 Å². The van der Waals surface area contributed by atoms with Gasteiger partial charge < -0.3 is 28.4 Å². The molecule has 7 rings (SSSR count). The molecule has 4 aromatic rings. The maximum Gasteiger partial charge on any atom is 0.355 e. The molecule has 0 radical (unpaired) electrons. The molecule has 5 unspecified atom stereocenters. The van der Waals surface area contributed by atoms with Crippen molar-refractivity contribution < 1.29 is 28.4 Å². The molecule has 2 fully saturated rings. The topological polar surface area (TPSA) is 62.0 Å². The summed E-state index contributed by atoms with van der Waals surface area (Å²) in [4.78, 5) is 0. The van der Waals surface area contributed by atoms with E-state index in [0.29, 0.717) is 13.2 Å². The van der Waals surface area contributed by atoms with Gasteiger partial charge in [0.05, 0.1) is 13.2 Å². The lowest BCUT2D eigenvalue weighted by atomic mass is 9.69. The maximum atomic E-state index is 6.26. The van der Waals surface area contributed by atoms with E-state index >= 15 is 0 Å². The van der Waals surface area contributed by atoms with Crippen LogP contribution in [0.3, 0.4) is 0 Å². The van der Waals surface area contributed by atoms with E-state index in [1.165, 1.54) is 27.8 Å².